The Bertz CT molecular complexity index is 784. The maximum Gasteiger partial charge on any atom is 0.311 e. The molecule has 1 heterocycles. The fourth-order valence-electron chi connectivity index (χ4n) is 9.09. The van der Waals surface area contributed by atoms with Crippen molar-refractivity contribution >= 4 is 11.9 Å². The summed E-state index contributed by atoms with van der Waals surface area (Å²) < 4.78 is 11.0. The third-order valence-corrected chi connectivity index (χ3v) is 10.2. The third-order valence-electron chi connectivity index (χ3n) is 10.2. The standard InChI is InChI=1S/C25H36O4/c1-14(2)16-12-25-10-7-18-23(3,8-6-9-24(18,4)22(27)28-5)19(25)11-15(16)17-13-29-21(26)20(17)25/h12,14-15,17-20H,6-11,13H2,1-5H3/t15-,17+,18+,19+,20-,23-,24+,25-/m0/s1. The number of carbonyl (C=O) groups excluding carboxylic acids is 2. The fraction of sp³-hybridized carbons (Fsp3) is 0.840. The first-order valence-electron chi connectivity index (χ1n) is 11.7. The van der Waals surface area contributed by atoms with Gasteiger partial charge in [-0.1, -0.05) is 38.8 Å². The first kappa shape index (κ1) is 19.6. The Morgan fingerprint density at radius 1 is 1.21 bits per heavy atom. The predicted octanol–water partition coefficient (Wildman–Crippen LogP) is 4.77. The highest BCUT2D eigenvalue weighted by Crippen LogP contribution is 2.74. The van der Waals surface area contributed by atoms with E-state index in [1.807, 2.05) is 0 Å². The lowest BCUT2D eigenvalue weighted by molar-refractivity contribution is -0.196. The number of rotatable bonds is 2. The summed E-state index contributed by atoms with van der Waals surface area (Å²) in [7, 11) is 1.53. The quantitative estimate of drug-likeness (QED) is 0.495. The average Bonchev–Trinajstić information content (AvgIpc) is 3.10. The zero-order valence-electron chi connectivity index (χ0n) is 18.6. The van der Waals surface area contributed by atoms with Crippen molar-refractivity contribution in [2.24, 2.45) is 51.8 Å². The Labute approximate surface area is 174 Å². The molecule has 1 saturated heterocycles. The summed E-state index contributed by atoms with van der Waals surface area (Å²) in [5.74, 6) is 2.15. The van der Waals surface area contributed by atoms with Crippen LogP contribution >= 0.6 is 0 Å². The summed E-state index contributed by atoms with van der Waals surface area (Å²) in [5.41, 5.74) is 1.16. The van der Waals surface area contributed by atoms with Gasteiger partial charge in [0.2, 0.25) is 0 Å². The normalized spacial score (nSPS) is 50.3. The smallest absolute Gasteiger partial charge is 0.311 e. The van der Waals surface area contributed by atoms with E-state index in [4.69, 9.17) is 9.47 Å². The third kappa shape index (κ3) is 2.27. The van der Waals surface area contributed by atoms with Crippen LogP contribution in [0.5, 0.6) is 0 Å². The van der Waals surface area contributed by atoms with Crippen molar-refractivity contribution in [1.82, 2.24) is 0 Å². The molecule has 0 amide bonds. The lowest BCUT2D eigenvalue weighted by Gasteiger charge is -2.68. The summed E-state index contributed by atoms with van der Waals surface area (Å²) in [6.07, 6.45) is 8.85. The molecule has 1 spiro atoms. The lowest BCUT2D eigenvalue weighted by atomic mass is 9.34. The largest absolute Gasteiger partial charge is 0.469 e. The summed E-state index contributed by atoms with van der Waals surface area (Å²) in [6.45, 7) is 9.78. The van der Waals surface area contributed by atoms with E-state index >= 15 is 0 Å². The summed E-state index contributed by atoms with van der Waals surface area (Å²) in [4.78, 5) is 25.8. The molecule has 6 rings (SSSR count). The SMILES string of the molecule is COC(=O)[C@]1(C)CCC[C@]2(C)[C@H]3C[C@H]4C(C(C)C)=C[C@]3(CC[C@H]21)[C@@H]1C(=O)OC[C@@H]14. The first-order valence-corrected chi connectivity index (χ1v) is 11.7. The number of esters is 2. The van der Waals surface area contributed by atoms with Gasteiger partial charge in [-0.15, -0.1) is 0 Å². The number of fused-ring (bicyclic) bond motifs is 1. The van der Waals surface area contributed by atoms with E-state index < -0.39 is 5.41 Å². The molecule has 8 atom stereocenters. The zero-order valence-corrected chi connectivity index (χ0v) is 18.6. The molecule has 4 fully saturated rings. The van der Waals surface area contributed by atoms with Gasteiger partial charge in [0.15, 0.2) is 0 Å². The Kier molecular flexibility index (Phi) is 4.13. The molecule has 160 valence electrons. The van der Waals surface area contributed by atoms with E-state index in [1.54, 1.807) is 5.57 Å². The summed E-state index contributed by atoms with van der Waals surface area (Å²) in [6, 6.07) is 0. The van der Waals surface area contributed by atoms with Crippen LogP contribution in [0.3, 0.4) is 0 Å². The Hall–Kier alpha value is -1.32. The number of hydrogen-bond acceptors (Lipinski definition) is 4. The molecule has 5 aliphatic carbocycles. The van der Waals surface area contributed by atoms with Crippen molar-refractivity contribution in [3.63, 3.8) is 0 Å². The molecule has 6 aliphatic rings. The van der Waals surface area contributed by atoms with E-state index in [0.29, 0.717) is 36.2 Å². The number of carbonyl (C=O) groups is 2. The molecule has 0 aromatic carbocycles. The molecule has 0 unspecified atom stereocenters. The van der Waals surface area contributed by atoms with Gasteiger partial charge in [0.1, 0.15) is 0 Å². The van der Waals surface area contributed by atoms with Gasteiger partial charge >= 0.3 is 11.9 Å². The summed E-state index contributed by atoms with van der Waals surface area (Å²) >= 11 is 0. The highest BCUT2D eigenvalue weighted by molar-refractivity contribution is 5.78. The number of cyclic esters (lactones) is 1. The van der Waals surface area contributed by atoms with Crippen LogP contribution in [0.15, 0.2) is 11.6 Å². The second kappa shape index (κ2) is 6.11. The van der Waals surface area contributed by atoms with Crippen molar-refractivity contribution in [2.45, 2.75) is 66.2 Å². The summed E-state index contributed by atoms with van der Waals surface area (Å²) in [5, 5.41) is 0. The van der Waals surface area contributed by atoms with Crippen molar-refractivity contribution in [2.75, 3.05) is 13.7 Å². The van der Waals surface area contributed by atoms with Gasteiger partial charge in [0, 0.05) is 11.3 Å². The molecule has 4 heteroatoms. The number of hydrogen-bond donors (Lipinski definition) is 0. The zero-order chi connectivity index (χ0) is 20.8. The van der Waals surface area contributed by atoms with Gasteiger partial charge in [-0.2, -0.15) is 0 Å². The van der Waals surface area contributed by atoms with E-state index in [0.717, 1.165) is 38.5 Å². The van der Waals surface area contributed by atoms with E-state index in [2.05, 4.69) is 33.8 Å². The number of allylic oxidation sites excluding steroid dienone is 2. The molecule has 3 saturated carbocycles. The van der Waals surface area contributed by atoms with Gasteiger partial charge in [-0.25, -0.2) is 0 Å². The van der Waals surface area contributed by atoms with Crippen LogP contribution in [0.1, 0.15) is 66.2 Å². The molecule has 1 aliphatic heterocycles. The van der Waals surface area contributed by atoms with Crippen LogP contribution < -0.4 is 0 Å². The molecule has 0 N–H and O–H groups in total. The lowest BCUT2D eigenvalue weighted by Crippen LogP contribution is -2.64. The van der Waals surface area contributed by atoms with Gasteiger partial charge in [0.25, 0.3) is 0 Å². The maximum absolute atomic E-state index is 12.9. The second-order valence-electron chi connectivity index (χ2n) is 11.4. The van der Waals surface area contributed by atoms with Gasteiger partial charge < -0.3 is 9.47 Å². The number of ether oxygens (including phenoxy) is 2. The van der Waals surface area contributed by atoms with E-state index in [1.165, 1.54) is 7.11 Å². The molecular weight excluding hydrogens is 364 g/mol. The molecule has 2 bridgehead atoms. The molecule has 0 aromatic heterocycles. The van der Waals surface area contributed by atoms with Crippen LogP contribution in [-0.4, -0.2) is 25.7 Å². The topological polar surface area (TPSA) is 52.6 Å². The van der Waals surface area contributed by atoms with E-state index in [9.17, 15) is 9.59 Å². The van der Waals surface area contributed by atoms with Crippen LogP contribution in [0, 0.1) is 51.8 Å². The Morgan fingerprint density at radius 2 is 1.97 bits per heavy atom. The van der Waals surface area contributed by atoms with Crippen LogP contribution in [0.2, 0.25) is 0 Å². The monoisotopic (exact) mass is 400 g/mol. The fourth-order valence-corrected chi connectivity index (χ4v) is 9.09. The minimum atomic E-state index is -0.403. The minimum absolute atomic E-state index is 0.0258. The second-order valence-corrected chi connectivity index (χ2v) is 11.4. The van der Waals surface area contributed by atoms with Crippen molar-refractivity contribution in [3.8, 4) is 0 Å². The van der Waals surface area contributed by atoms with Crippen molar-refractivity contribution in [3.05, 3.63) is 11.6 Å². The Balaban J connectivity index is 1.63. The van der Waals surface area contributed by atoms with E-state index in [-0.39, 0.29) is 28.7 Å². The molecular formula is C25H36O4. The molecule has 29 heavy (non-hydrogen) atoms. The van der Waals surface area contributed by atoms with Crippen molar-refractivity contribution in [1.29, 1.82) is 0 Å². The van der Waals surface area contributed by atoms with Crippen LogP contribution in [0.25, 0.3) is 0 Å². The average molecular weight is 401 g/mol. The Morgan fingerprint density at radius 3 is 2.66 bits per heavy atom. The molecule has 0 radical (unpaired) electrons. The van der Waals surface area contributed by atoms with Gasteiger partial charge in [-0.3, -0.25) is 9.59 Å². The molecule has 4 nitrogen and oxygen atoms in total. The number of methoxy groups -OCH3 is 1. The van der Waals surface area contributed by atoms with Gasteiger partial charge in [0.05, 0.1) is 25.0 Å². The molecule has 0 aromatic rings. The minimum Gasteiger partial charge on any atom is -0.469 e. The highest BCUT2D eigenvalue weighted by atomic mass is 16.5. The van der Waals surface area contributed by atoms with Crippen LogP contribution in [-0.2, 0) is 19.1 Å². The first-order chi connectivity index (χ1) is 13.7. The van der Waals surface area contributed by atoms with Crippen molar-refractivity contribution < 1.29 is 19.1 Å². The van der Waals surface area contributed by atoms with Gasteiger partial charge in [-0.05, 0) is 68.1 Å². The highest BCUT2D eigenvalue weighted by Gasteiger charge is 2.71. The predicted molar refractivity (Wildman–Crippen MR) is 110 cm³/mol. The van der Waals surface area contributed by atoms with Crippen LogP contribution in [0.4, 0.5) is 0 Å². The maximum atomic E-state index is 12.9.